The molecular formula is C36H37N5O8S2. The van der Waals surface area contributed by atoms with Crippen molar-refractivity contribution in [2.75, 3.05) is 26.2 Å². The van der Waals surface area contributed by atoms with Crippen molar-refractivity contribution in [3.8, 4) is 5.75 Å². The van der Waals surface area contributed by atoms with Gasteiger partial charge in [-0.15, -0.1) is 0 Å². The van der Waals surface area contributed by atoms with Crippen LogP contribution in [0, 0.1) is 0 Å². The predicted octanol–water partition coefficient (Wildman–Crippen LogP) is 4.52. The molecule has 6 rings (SSSR count). The molecular weight excluding hydrogens is 695 g/mol. The number of sulfonamides is 1. The standard InChI is InChI=1S/C36H37N5O8S2/c1-36(2,3)48-35(43)41-22-20-40(21-23-41)34(42)29(39-50(44,45)30-12-4-8-26-10-6-18-37-32(26)30)24-25-14-16-28(17-15-25)49-51(46,47)31-13-5-9-27-11-7-19-38-33(27)31/h4-19,29,39H,20-24H2,1-3H3/t29-/m0/s1. The highest BCUT2D eigenvalue weighted by atomic mass is 32.2. The second-order valence-electron chi connectivity index (χ2n) is 13.0. The minimum atomic E-state index is -4.27. The van der Waals surface area contributed by atoms with Gasteiger partial charge in [0.25, 0.3) is 0 Å². The maximum Gasteiger partial charge on any atom is 0.410 e. The second-order valence-corrected chi connectivity index (χ2v) is 16.2. The first kappa shape index (κ1) is 35.7. The van der Waals surface area contributed by atoms with Crippen LogP contribution in [-0.4, -0.2) is 86.4 Å². The zero-order valence-electron chi connectivity index (χ0n) is 28.2. The fourth-order valence-electron chi connectivity index (χ4n) is 5.75. The summed E-state index contributed by atoms with van der Waals surface area (Å²) < 4.78 is 67.7. The first-order valence-electron chi connectivity index (χ1n) is 16.2. The smallest absolute Gasteiger partial charge is 0.410 e. The lowest BCUT2D eigenvalue weighted by molar-refractivity contribution is -0.134. The molecule has 5 aromatic rings. The third-order valence-electron chi connectivity index (χ3n) is 8.16. The summed E-state index contributed by atoms with van der Waals surface area (Å²) >= 11 is 0. The molecule has 1 aliphatic heterocycles. The lowest BCUT2D eigenvalue weighted by Gasteiger charge is -2.37. The molecule has 0 radical (unpaired) electrons. The number of fused-ring (bicyclic) bond motifs is 2. The van der Waals surface area contributed by atoms with Crippen LogP contribution in [0.5, 0.6) is 5.75 Å². The molecule has 0 aliphatic carbocycles. The number of nitrogens with one attached hydrogen (secondary N) is 1. The van der Waals surface area contributed by atoms with Crippen molar-refractivity contribution in [1.29, 1.82) is 0 Å². The molecule has 51 heavy (non-hydrogen) atoms. The van der Waals surface area contributed by atoms with Crippen LogP contribution in [0.1, 0.15) is 26.3 Å². The number of piperazine rings is 1. The molecule has 0 bridgehead atoms. The largest absolute Gasteiger partial charge is 0.444 e. The van der Waals surface area contributed by atoms with E-state index in [4.69, 9.17) is 8.92 Å². The number of aromatic nitrogens is 2. The van der Waals surface area contributed by atoms with E-state index < -0.39 is 43.8 Å². The first-order chi connectivity index (χ1) is 24.2. The van der Waals surface area contributed by atoms with E-state index in [1.54, 1.807) is 81.4 Å². The van der Waals surface area contributed by atoms with Gasteiger partial charge >= 0.3 is 16.2 Å². The zero-order chi connectivity index (χ0) is 36.4. The maximum atomic E-state index is 14.0. The molecule has 2 aromatic heterocycles. The molecule has 13 nitrogen and oxygen atoms in total. The number of hydrogen-bond acceptors (Lipinski definition) is 10. The van der Waals surface area contributed by atoms with Crippen LogP contribution in [0.3, 0.4) is 0 Å². The number of nitrogens with zero attached hydrogens (tertiary/aromatic N) is 4. The zero-order valence-corrected chi connectivity index (χ0v) is 29.9. The van der Waals surface area contributed by atoms with E-state index in [1.165, 1.54) is 46.5 Å². The fraction of sp³-hybridized carbons (Fsp3) is 0.278. The number of ether oxygens (including phenoxy) is 1. The summed E-state index contributed by atoms with van der Waals surface area (Å²) in [6.07, 6.45) is 2.44. The van der Waals surface area contributed by atoms with Crippen LogP contribution in [0.2, 0.25) is 0 Å². The SMILES string of the molecule is CC(C)(C)OC(=O)N1CCN(C(=O)[C@H](Cc2ccc(OS(=O)(=O)c3cccc4cccnc34)cc2)NS(=O)(=O)c2cccc3cccnc23)CC1. The average Bonchev–Trinajstić information content (AvgIpc) is 3.10. The van der Waals surface area contributed by atoms with E-state index in [9.17, 15) is 26.4 Å². The molecule has 1 saturated heterocycles. The fourth-order valence-corrected chi connectivity index (χ4v) is 8.22. The molecule has 0 saturated carbocycles. The number of benzene rings is 3. The first-order valence-corrected chi connectivity index (χ1v) is 19.1. The Morgan fingerprint density at radius 1 is 0.745 bits per heavy atom. The van der Waals surface area contributed by atoms with Crippen LogP contribution in [0.4, 0.5) is 4.79 Å². The lowest BCUT2D eigenvalue weighted by Crippen LogP contribution is -2.56. The molecule has 0 spiro atoms. The van der Waals surface area contributed by atoms with Gasteiger partial charge in [0.05, 0.1) is 11.0 Å². The summed E-state index contributed by atoms with van der Waals surface area (Å²) in [4.78, 5) is 38.0. The van der Waals surface area contributed by atoms with Crippen LogP contribution in [-0.2, 0) is 36.1 Å². The Morgan fingerprint density at radius 2 is 1.27 bits per heavy atom. The van der Waals surface area contributed by atoms with Crippen LogP contribution < -0.4 is 8.91 Å². The molecule has 1 N–H and O–H groups in total. The van der Waals surface area contributed by atoms with E-state index in [1.807, 2.05) is 0 Å². The normalized spacial score (nSPS) is 14.7. The third kappa shape index (κ3) is 8.27. The highest BCUT2D eigenvalue weighted by Gasteiger charge is 2.34. The molecule has 266 valence electrons. The van der Waals surface area contributed by atoms with Gasteiger partial charge in [0.1, 0.15) is 27.2 Å². The molecule has 2 amide bonds. The van der Waals surface area contributed by atoms with Crippen molar-refractivity contribution in [3.05, 3.63) is 103 Å². The van der Waals surface area contributed by atoms with E-state index >= 15 is 0 Å². The number of amides is 2. The van der Waals surface area contributed by atoms with Gasteiger partial charge in [0.15, 0.2) is 0 Å². The molecule has 3 aromatic carbocycles. The maximum absolute atomic E-state index is 14.0. The summed E-state index contributed by atoms with van der Waals surface area (Å²) in [6.45, 7) is 6.06. The molecule has 0 unspecified atom stereocenters. The van der Waals surface area contributed by atoms with E-state index in [2.05, 4.69) is 14.7 Å². The highest BCUT2D eigenvalue weighted by molar-refractivity contribution is 7.89. The second kappa shape index (κ2) is 14.2. The van der Waals surface area contributed by atoms with Crippen LogP contribution in [0.15, 0.2) is 107 Å². The quantitative estimate of drug-likeness (QED) is 0.213. The number of carbonyl (C=O) groups excluding carboxylic acids is 2. The minimum Gasteiger partial charge on any atom is -0.444 e. The predicted molar refractivity (Wildman–Crippen MR) is 190 cm³/mol. The number of hydrogen-bond donors (Lipinski definition) is 1. The summed E-state index contributed by atoms with van der Waals surface area (Å²) in [6, 6.07) is 21.2. The Bertz CT molecular complexity index is 2290. The van der Waals surface area contributed by atoms with Crippen molar-refractivity contribution in [2.24, 2.45) is 0 Å². The molecule has 1 aliphatic rings. The van der Waals surface area contributed by atoms with Gasteiger partial charge < -0.3 is 18.7 Å². The van der Waals surface area contributed by atoms with Gasteiger partial charge in [-0.2, -0.15) is 13.1 Å². The van der Waals surface area contributed by atoms with Crippen LogP contribution in [0.25, 0.3) is 21.8 Å². The van der Waals surface area contributed by atoms with Crippen molar-refractivity contribution < 1.29 is 35.3 Å². The van der Waals surface area contributed by atoms with E-state index in [-0.39, 0.29) is 59.2 Å². The highest BCUT2D eigenvalue weighted by Crippen LogP contribution is 2.26. The topological polar surface area (TPSA) is 165 Å². The Kier molecular flexibility index (Phi) is 9.97. The Labute approximate surface area is 296 Å². The van der Waals surface area contributed by atoms with Crippen molar-refractivity contribution in [1.82, 2.24) is 24.5 Å². The number of pyridine rings is 2. The van der Waals surface area contributed by atoms with E-state index in [0.717, 1.165) is 0 Å². The molecule has 1 atom stereocenters. The summed E-state index contributed by atoms with van der Waals surface area (Å²) in [5, 5.41) is 1.26. The van der Waals surface area contributed by atoms with Crippen molar-refractivity contribution in [2.45, 2.75) is 48.6 Å². The summed E-state index contributed by atoms with van der Waals surface area (Å²) in [7, 11) is -8.52. The minimum absolute atomic E-state index is 0.0234. The summed E-state index contributed by atoms with van der Waals surface area (Å²) in [5.74, 6) is -0.461. The third-order valence-corrected chi connectivity index (χ3v) is 10.9. The van der Waals surface area contributed by atoms with E-state index in [0.29, 0.717) is 16.3 Å². The average molecular weight is 732 g/mol. The van der Waals surface area contributed by atoms with Gasteiger partial charge in [-0.05, 0) is 69.2 Å². The van der Waals surface area contributed by atoms with Crippen molar-refractivity contribution in [3.63, 3.8) is 0 Å². The Balaban J connectivity index is 1.23. The lowest BCUT2D eigenvalue weighted by atomic mass is 10.0. The molecule has 15 heteroatoms. The molecule has 3 heterocycles. The van der Waals surface area contributed by atoms with Gasteiger partial charge in [-0.3, -0.25) is 14.8 Å². The van der Waals surface area contributed by atoms with Gasteiger partial charge in [0, 0.05) is 49.3 Å². The molecule has 1 fully saturated rings. The monoisotopic (exact) mass is 731 g/mol. The van der Waals surface area contributed by atoms with Gasteiger partial charge in [-0.1, -0.05) is 48.5 Å². The number of carbonyl (C=O) groups is 2. The van der Waals surface area contributed by atoms with Gasteiger partial charge in [0.2, 0.25) is 15.9 Å². The number of rotatable bonds is 9. The Hall–Kier alpha value is -5.12. The summed E-state index contributed by atoms with van der Waals surface area (Å²) in [5.41, 5.74) is 0.394. The van der Waals surface area contributed by atoms with Crippen molar-refractivity contribution >= 4 is 53.9 Å². The van der Waals surface area contributed by atoms with Gasteiger partial charge in [-0.25, -0.2) is 13.2 Å². The number of para-hydroxylation sites is 2. The van der Waals surface area contributed by atoms with Crippen LogP contribution >= 0.6 is 0 Å². The Morgan fingerprint density at radius 3 is 1.86 bits per heavy atom.